The second-order valence-corrected chi connectivity index (χ2v) is 5.04. The average Bonchev–Trinajstić information content (AvgIpc) is 2.90. The van der Waals surface area contributed by atoms with Crippen LogP contribution >= 0.6 is 0 Å². The molecule has 3 heteroatoms. The average molecular weight is 231 g/mol. The number of ether oxygens (including phenoxy) is 1. The number of carbonyl (C=O) groups excluding carboxylic acids is 1. The van der Waals surface area contributed by atoms with Crippen LogP contribution in [0.15, 0.2) is 30.3 Å². The molecule has 0 spiro atoms. The summed E-state index contributed by atoms with van der Waals surface area (Å²) in [4.78, 5) is 11.9. The summed E-state index contributed by atoms with van der Waals surface area (Å²) in [6.45, 7) is 2.17. The molecule has 3 atom stereocenters. The Bertz CT molecular complexity index is 392. The van der Waals surface area contributed by atoms with Crippen LogP contribution in [0.4, 0.5) is 0 Å². The fraction of sp³-hybridized carbons (Fsp3) is 0.500. The number of benzene rings is 1. The number of nitrogens with one attached hydrogen (secondary N) is 1. The zero-order valence-corrected chi connectivity index (χ0v) is 9.76. The topological polar surface area (TPSA) is 38.3 Å². The SMILES string of the molecule is O=C(OC1C[C@H]2CNC[C@H]2C1)c1ccccc1. The lowest BCUT2D eigenvalue weighted by molar-refractivity contribution is 0.0301. The minimum atomic E-state index is -0.177. The molecule has 3 nitrogen and oxygen atoms in total. The van der Waals surface area contributed by atoms with E-state index in [0.717, 1.165) is 25.9 Å². The van der Waals surface area contributed by atoms with Gasteiger partial charge >= 0.3 is 5.97 Å². The second kappa shape index (κ2) is 4.49. The van der Waals surface area contributed by atoms with Crippen molar-refractivity contribution in [2.24, 2.45) is 11.8 Å². The van der Waals surface area contributed by atoms with E-state index in [0.29, 0.717) is 17.4 Å². The van der Waals surface area contributed by atoms with Gasteiger partial charge in [0.1, 0.15) is 6.10 Å². The van der Waals surface area contributed by atoms with Gasteiger partial charge in [-0.1, -0.05) is 18.2 Å². The first-order chi connectivity index (χ1) is 8.33. The van der Waals surface area contributed by atoms with Crippen LogP contribution in [0.25, 0.3) is 0 Å². The van der Waals surface area contributed by atoms with Gasteiger partial charge < -0.3 is 10.1 Å². The molecule has 0 bridgehead atoms. The number of fused-ring (bicyclic) bond motifs is 1. The predicted molar refractivity (Wildman–Crippen MR) is 64.7 cm³/mol. The Morgan fingerprint density at radius 1 is 1.12 bits per heavy atom. The first-order valence-corrected chi connectivity index (χ1v) is 6.29. The predicted octanol–water partition coefficient (Wildman–Crippen LogP) is 1.84. The molecule has 90 valence electrons. The molecule has 17 heavy (non-hydrogen) atoms. The van der Waals surface area contributed by atoms with Crippen LogP contribution in [0.1, 0.15) is 23.2 Å². The zero-order chi connectivity index (χ0) is 11.7. The number of carbonyl (C=O) groups is 1. The van der Waals surface area contributed by atoms with Gasteiger partial charge in [0.15, 0.2) is 0 Å². The molecule has 1 aromatic carbocycles. The Labute approximate surface area is 101 Å². The van der Waals surface area contributed by atoms with Crippen LogP contribution < -0.4 is 5.32 Å². The van der Waals surface area contributed by atoms with Gasteiger partial charge in [0, 0.05) is 0 Å². The first kappa shape index (κ1) is 10.8. The molecule has 1 aromatic rings. The molecule has 2 fully saturated rings. The summed E-state index contributed by atoms with van der Waals surface area (Å²) in [6.07, 6.45) is 2.17. The highest BCUT2D eigenvalue weighted by molar-refractivity contribution is 5.89. The lowest BCUT2D eigenvalue weighted by atomic mass is 10.0. The molecule has 1 aliphatic carbocycles. The standard InChI is InChI=1S/C14H17NO2/c16-14(10-4-2-1-3-5-10)17-13-6-11-8-15-9-12(11)7-13/h1-5,11-13,15H,6-9H2/t11-,12+,13?. The Balaban J connectivity index is 1.60. The van der Waals surface area contributed by atoms with Gasteiger partial charge in [0.2, 0.25) is 0 Å². The quantitative estimate of drug-likeness (QED) is 0.789. The normalized spacial score (nSPS) is 31.2. The molecule has 1 aliphatic heterocycles. The van der Waals surface area contributed by atoms with E-state index in [2.05, 4.69) is 5.32 Å². The fourth-order valence-corrected chi connectivity index (χ4v) is 3.00. The number of hydrogen-bond donors (Lipinski definition) is 1. The second-order valence-electron chi connectivity index (χ2n) is 5.04. The van der Waals surface area contributed by atoms with E-state index in [9.17, 15) is 4.79 Å². The smallest absolute Gasteiger partial charge is 0.338 e. The Morgan fingerprint density at radius 2 is 1.76 bits per heavy atom. The maximum absolute atomic E-state index is 11.9. The largest absolute Gasteiger partial charge is 0.459 e. The number of rotatable bonds is 2. The highest BCUT2D eigenvalue weighted by Gasteiger charge is 2.39. The van der Waals surface area contributed by atoms with Crippen molar-refractivity contribution in [2.75, 3.05) is 13.1 Å². The van der Waals surface area contributed by atoms with E-state index in [1.54, 1.807) is 12.1 Å². The van der Waals surface area contributed by atoms with E-state index in [1.807, 2.05) is 18.2 Å². The van der Waals surface area contributed by atoms with Gasteiger partial charge in [-0.15, -0.1) is 0 Å². The van der Waals surface area contributed by atoms with Crippen molar-refractivity contribution in [3.63, 3.8) is 0 Å². The minimum Gasteiger partial charge on any atom is -0.459 e. The van der Waals surface area contributed by atoms with Gasteiger partial charge in [0.05, 0.1) is 5.56 Å². The van der Waals surface area contributed by atoms with Crippen LogP contribution in [0, 0.1) is 11.8 Å². The van der Waals surface area contributed by atoms with Crippen LogP contribution in [0.2, 0.25) is 0 Å². The molecular formula is C14H17NO2. The van der Waals surface area contributed by atoms with Gasteiger partial charge in [0.25, 0.3) is 0 Å². The van der Waals surface area contributed by atoms with Gasteiger partial charge in [-0.25, -0.2) is 4.79 Å². The van der Waals surface area contributed by atoms with Crippen LogP contribution in [0.5, 0.6) is 0 Å². The summed E-state index contributed by atoms with van der Waals surface area (Å²) < 4.78 is 5.57. The molecule has 1 saturated heterocycles. The Morgan fingerprint density at radius 3 is 2.41 bits per heavy atom. The third kappa shape index (κ3) is 2.20. The van der Waals surface area contributed by atoms with E-state index in [-0.39, 0.29) is 12.1 Å². The number of esters is 1. The first-order valence-electron chi connectivity index (χ1n) is 6.29. The van der Waals surface area contributed by atoms with E-state index in [1.165, 1.54) is 0 Å². The lowest BCUT2D eigenvalue weighted by Crippen LogP contribution is -2.19. The maximum atomic E-state index is 11.9. The summed E-state index contributed by atoms with van der Waals surface area (Å²) in [5.41, 5.74) is 0.655. The molecule has 0 aromatic heterocycles. The molecule has 3 rings (SSSR count). The van der Waals surface area contributed by atoms with Crippen LogP contribution in [-0.2, 0) is 4.74 Å². The fourth-order valence-electron chi connectivity index (χ4n) is 3.00. The molecule has 0 radical (unpaired) electrons. The zero-order valence-electron chi connectivity index (χ0n) is 9.76. The van der Waals surface area contributed by atoms with Crippen molar-refractivity contribution in [3.05, 3.63) is 35.9 Å². The van der Waals surface area contributed by atoms with E-state index >= 15 is 0 Å². The molecule has 1 unspecified atom stereocenters. The van der Waals surface area contributed by atoms with E-state index in [4.69, 9.17) is 4.74 Å². The van der Waals surface area contributed by atoms with Crippen molar-refractivity contribution in [1.29, 1.82) is 0 Å². The van der Waals surface area contributed by atoms with Gasteiger partial charge in [-0.2, -0.15) is 0 Å². The highest BCUT2D eigenvalue weighted by Crippen LogP contribution is 2.36. The molecule has 1 N–H and O–H groups in total. The molecule has 1 heterocycles. The minimum absolute atomic E-state index is 0.125. The number of hydrogen-bond acceptors (Lipinski definition) is 3. The van der Waals surface area contributed by atoms with Gasteiger partial charge in [-0.3, -0.25) is 0 Å². The molecule has 0 amide bonds. The maximum Gasteiger partial charge on any atom is 0.338 e. The lowest BCUT2D eigenvalue weighted by Gasteiger charge is -2.13. The Hall–Kier alpha value is -1.35. The third-order valence-electron chi connectivity index (χ3n) is 3.89. The monoisotopic (exact) mass is 231 g/mol. The molecule has 1 saturated carbocycles. The molecular weight excluding hydrogens is 214 g/mol. The summed E-state index contributed by atoms with van der Waals surface area (Å²) >= 11 is 0. The Kier molecular flexibility index (Phi) is 2.85. The summed E-state index contributed by atoms with van der Waals surface area (Å²) in [6, 6.07) is 9.25. The van der Waals surface area contributed by atoms with Crippen LogP contribution in [-0.4, -0.2) is 25.2 Å². The third-order valence-corrected chi connectivity index (χ3v) is 3.89. The van der Waals surface area contributed by atoms with Crippen molar-refractivity contribution in [3.8, 4) is 0 Å². The molecule has 2 aliphatic rings. The van der Waals surface area contributed by atoms with E-state index < -0.39 is 0 Å². The summed E-state index contributed by atoms with van der Waals surface area (Å²) in [5.74, 6) is 1.25. The van der Waals surface area contributed by atoms with Crippen molar-refractivity contribution >= 4 is 5.97 Å². The van der Waals surface area contributed by atoms with Crippen molar-refractivity contribution < 1.29 is 9.53 Å². The van der Waals surface area contributed by atoms with Gasteiger partial charge in [-0.05, 0) is 49.9 Å². The summed E-state index contributed by atoms with van der Waals surface area (Å²) in [7, 11) is 0. The van der Waals surface area contributed by atoms with Crippen LogP contribution in [0.3, 0.4) is 0 Å². The van der Waals surface area contributed by atoms with Crippen molar-refractivity contribution in [2.45, 2.75) is 18.9 Å². The van der Waals surface area contributed by atoms with Crippen molar-refractivity contribution in [1.82, 2.24) is 5.32 Å². The summed E-state index contributed by atoms with van der Waals surface area (Å²) in [5, 5.41) is 3.39. The highest BCUT2D eigenvalue weighted by atomic mass is 16.5.